The molecule has 2 heterocycles. The van der Waals surface area contributed by atoms with Gasteiger partial charge in [-0.1, -0.05) is 41.7 Å². The molecule has 1 aliphatic heterocycles. The Morgan fingerprint density at radius 3 is 2.86 bits per heavy atom. The normalized spacial score (nSPS) is 17.0. The van der Waals surface area contributed by atoms with E-state index in [-0.39, 0.29) is 17.7 Å². The molecule has 29 heavy (non-hydrogen) atoms. The Balaban J connectivity index is 1.45. The van der Waals surface area contributed by atoms with Gasteiger partial charge in [0.15, 0.2) is 0 Å². The summed E-state index contributed by atoms with van der Waals surface area (Å²) in [7, 11) is 0. The molecule has 0 saturated carbocycles. The molecule has 0 radical (unpaired) electrons. The number of halogens is 3. The summed E-state index contributed by atoms with van der Waals surface area (Å²) < 4.78 is 49.1. The van der Waals surface area contributed by atoms with Crippen LogP contribution in [-0.2, 0) is 11.2 Å². The number of nitrogens with zero attached hydrogens (tertiary/aromatic N) is 3. The minimum absolute atomic E-state index is 0.0984. The zero-order valence-corrected chi connectivity index (χ0v) is 16.1. The molecule has 1 unspecified atom stereocenters. The molecule has 3 aromatic rings. The molecule has 1 aromatic heterocycles. The average molecular weight is 421 g/mol. The molecule has 5 nitrogen and oxygen atoms in total. The number of aromatic nitrogens is 2. The van der Waals surface area contributed by atoms with Gasteiger partial charge >= 0.3 is 6.61 Å². The van der Waals surface area contributed by atoms with Crippen molar-refractivity contribution < 1.29 is 22.6 Å². The lowest BCUT2D eigenvalue weighted by atomic mass is 10.1. The lowest BCUT2D eigenvalue weighted by molar-refractivity contribution is -0.0501. The molecule has 1 fully saturated rings. The van der Waals surface area contributed by atoms with Gasteiger partial charge in [-0.25, -0.2) is 4.39 Å². The van der Waals surface area contributed by atoms with Gasteiger partial charge in [-0.15, -0.1) is 10.2 Å². The molecule has 0 bridgehead atoms. The first-order valence-electron chi connectivity index (χ1n) is 9.05. The standard InChI is InChI=1S/C20H18F3N3O2S/c21-16-7-2-1-4-13(16)11-18-24-25-20(29-18)26-8-9-27-17(12-26)14-5-3-6-15(10-14)28-19(22)23/h1-7,10,17,19H,8-9,11-12H2. The van der Waals surface area contributed by atoms with Crippen LogP contribution >= 0.6 is 11.3 Å². The molecule has 1 aliphatic rings. The summed E-state index contributed by atoms with van der Waals surface area (Å²) >= 11 is 1.41. The van der Waals surface area contributed by atoms with Crippen molar-refractivity contribution in [2.75, 3.05) is 24.6 Å². The summed E-state index contributed by atoms with van der Waals surface area (Å²) in [6, 6.07) is 13.1. The minimum atomic E-state index is -2.87. The minimum Gasteiger partial charge on any atom is -0.435 e. The summed E-state index contributed by atoms with van der Waals surface area (Å²) in [5.74, 6) is -0.164. The van der Waals surface area contributed by atoms with Crippen LogP contribution in [0.4, 0.5) is 18.3 Å². The van der Waals surface area contributed by atoms with Crippen LogP contribution in [0.25, 0.3) is 0 Å². The van der Waals surface area contributed by atoms with Crippen LogP contribution in [0.5, 0.6) is 5.75 Å². The van der Waals surface area contributed by atoms with E-state index in [1.807, 2.05) is 11.0 Å². The average Bonchev–Trinajstić information content (AvgIpc) is 3.18. The van der Waals surface area contributed by atoms with Crippen LogP contribution < -0.4 is 9.64 Å². The maximum atomic E-state index is 13.9. The number of hydrogen-bond acceptors (Lipinski definition) is 6. The largest absolute Gasteiger partial charge is 0.435 e. The van der Waals surface area contributed by atoms with Gasteiger partial charge in [0.1, 0.15) is 22.7 Å². The van der Waals surface area contributed by atoms with Crippen molar-refractivity contribution in [2.45, 2.75) is 19.1 Å². The summed E-state index contributed by atoms with van der Waals surface area (Å²) in [4.78, 5) is 2.04. The fourth-order valence-corrected chi connectivity index (χ4v) is 4.06. The van der Waals surface area contributed by atoms with E-state index < -0.39 is 6.61 Å². The summed E-state index contributed by atoms with van der Waals surface area (Å²) in [5, 5.41) is 9.88. The Kier molecular flexibility index (Phi) is 5.96. The van der Waals surface area contributed by atoms with E-state index >= 15 is 0 Å². The molecule has 152 valence electrons. The van der Waals surface area contributed by atoms with Crippen molar-refractivity contribution in [3.63, 3.8) is 0 Å². The van der Waals surface area contributed by atoms with Crippen LogP contribution in [0.1, 0.15) is 22.2 Å². The third kappa shape index (κ3) is 4.86. The second kappa shape index (κ2) is 8.79. The summed E-state index contributed by atoms with van der Waals surface area (Å²) in [6.45, 7) is -1.26. The molecule has 1 saturated heterocycles. The van der Waals surface area contributed by atoms with Gasteiger partial charge in [-0.2, -0.15) is 8.78 Å². The fraction of sp³-hybridized carbons (Fsp3) is 0.300. The van der Waals surface area contributed by atoms with Crippen molar-refractivity contribution >= 4 is 16.5 Å². The van der Waals surface area contributed by atoms with Gasteiger partial charge in [-0.3, -0.25) is 0 Å². The molecule has 2 aromatic carbocycles. The zero-order valence-electron chi connectivity index (χ0n) is 15.3. The van der Waals surface area contributed by atoms with Gasteiger partial charge in [0.25, 0.3) is 0 Å². The van der Waals surface area contributed by atoms with Gasteiger partial charge in [0.05, 0.1) is 13.2 Å². The van der Waals surface area contributed by atoms with Gasteiger partial charge < -0.3 is 14.4 Å². The third-order valence-corrected chi connectivity index (χ3v) is 5.53. The first kappa shape index (κ1) is 19.7. The number of rotatable bonds is 6. The van der Waals surface area contributed by atoms with Crippen molar-refractivity contribution in [2.24, 2.45) is 0 Å². The molecular weight excluding hydrogens is 403 g/mol. The van der Waals surface area contributed by atoms with E-state index in [1.165, 1.54) is 23.5 Å². The third-order valence-electron chi connectivity index (χ3n) is 4.55. The number of benzene rings is 2. The van der Waals surface area contributed by atoms with Gasteiger partial charge in [0, 0.05) is 13.0 Å². The molecule has 0 spiro atoms. The van der Waals surface area contributed by atoms with E-state index in [1.54, 1.807) is 30.3 Å². The topological polar surface area (TPSA) is 47.5 Å². The Hall–Kier alpha value is -2.65. The Morgan fingerprint density at radius 2 is 2.03 bits per heavy atom. The first-order chi connectivity index (χ1) is 14.1. The predicted molar refractivity (Wildman–Crippen MR) is 103 cm³/mol. The fourth-order valence-electron chi connectivity index (χ4n) is 3.16. The van der Waals surface area contributed by atoms with Crippen LogP contribution in [0.15, 0.2) is 48.5 Å². The van der Waals surface area contributed by atoms with Crippen molar-refractivity contribution in [3.05, 3.63) is 70.5 Å². The Bertz CT molecular complexity index is 969. The van der Waals surface area contributed by atoms with Gasteiger partial charge in [-0.05, 0) is 29.3 Å². The van der Waals surface area contributed by atoms with Crippen LogP contribution in [-0.4, -0.2) is 36.5 Å². The number of anilines is 1. The highest BCUT2D eigenvalue weighted by molar-refractivity contribution is 7.15. The molecule has 4 rings (SSSR count). The monoisotopic (exact) mass is 421 g/mol. The van der Waals surface area contributed by atoms with Crippen LogP contribution in [0.3, 0.4) is 0 Å². The molecular formula is C20H18F3N3O2S. The van der Waals surface area contributed by atoms with Gasteiger partial charge in [0.2, 0.25) is 5.13 Å². The summed E-state index contributed by atoms with van der Waals surface area (Å²) in [6.07, 6.45) is 0.0781. The first-order valence-corrected chi connectivity index (χ1v) is 9.87. The molecule has 0 N–H and O–H groups in total. The predicted octanol–water partition coefficient (Wildman–Crippen LogP) is 4.45. The van der Waals surface area contributed by atoms with E-state index in [0.29, 0.717) is 31.7 Å². The maximum absolute atomic E-state index is 13.9. The Morgan fingerprint density at radius 1 is 1.17 bits per heavy atom. The quantitative estimate of drug-likeness (QED) is 0.589. The van der Waals surface area contributed by atoms with Crippen LogP contribution in [0.2, 0.25) is 0 Å². The number of morpholine rings is 1. The lowest BCUT2D eigenvalue weighted by Gasteiger charge is -2.32. The van der Waals surface area contributed by atoms with E-state index in [2.05, 4.69) is 14.9 Å². The maximum Gasteiger partial charge on any atom is 0.387 e. The van der Waals surface area contributed by atoms with E-state index in [4.69, 9.17) is 4.74 Å². The second-order valence-corrected chi connectivity index (χ2v) is 7.54. The van der Waals surface area contributed by atoms with E-state index in [0.717, 1.165) is 15.7 Å². The number of alkyl halides is 2. The molecule has 0 aliphatic carbocycles. The smallest absolute Gasteiger partial charge is 0.387 e. The highest BCUT2D eigenvalue weighted by Gasteiger charge is 2.25. The van der Waals surface area contributed by atoms with Crippen LogP contribution in [0, 0.1) is 5.82 Å². The van der Waals surface area contributed by atoms with Crippen molar-refractivity contribution in [3.8, 4) is 5.75 Å². The highest BCUT2D eigenvalue weighted by atomic mass is 32.1. The Labute approximate surface area is 169 Å². The summed E-state index contributed by atoms with van der Waals surface area (Å²) in [5.41, 5.74) is 1.33. The molecule has 1 atom stereocenters. The van der Waals surface area contributed by atoms with Crippen molar-refractivity contribution in [1.29, 1.82) is 0 Å². The van der Waals surface area contributed by atoms with Crippen molar-refractivity contribution in [1.82, 2.24) is 10.2 Å². The highest BCUT2D eigenvalue weighted by Crippen LogP contribution is 2.30. The second-order valence-electron chi connectivity index (χ2n) is 6.50. The SMILES string of the molecule is Fc1ccccc1Cc1nnc(N2CCOC(c3cccc(OC(F)F)c3)C2)s1. The number of ether oxygens (including phenoxy) is 2. The zero-order chi connectivity index (χ0) is 20.2. The molecule has 0 amide bonds. The van der Waals surface area contributed by atoms with E-state index in [9.17, 15) is 13.2 Å². The number of hydrogen-bond donors (Lipinski definition) is 0. The molecule has 9 heteroatoms. The lowest BCUT2D eigenvalue weighted by Crippen LogP contribution is -2.38.